The topological polar surface area (TPSA) is 12.0 Å². The number of likely N-dealkylation sites (N-methyl/N-ethyl adjacent to an activating group) is 1. The van der Waals surface area contributed by atoms with E-state index >= 15 is 0 Å². The van der Waals surface area contributed by atoms with Crippen molar-refractivity contribution in [2.45, 2.75) is 35.6 Å². The van der Waals surface area contributed by atoms with Gasteiger partial charge in [-0.3, -0.25) is 0 Å². The fraction of sp³-hybridized carbons (Fsp3) is 0.368. The largest absolute Gasteiger partial charge is 0.316 e. The minimum absolute atomic E-state index is 0.583. The Morgan fingerprint density at radius 2 is 1.86 bits per heavy atom. The molecule has 1 nitrogen and oxygen atoms in total. The van der Waals surface area contributed by atoms with Gasteiger partial charge in [0.25, 0.3) is 0 Å². The SMILES string of the molecule is CNC(CC1Cc2ccccc21)C1CSc2ccccc21. The average molecular weight is 295 g/mol. The smallest absolute Gasteiger partial charge is 0.0147 e. The number of hydrogen-bond acceptors (Lipinski definition) is 2. The van der Waals surface area contributed by atoms with Crippen molar-refractivity contribution >= 4 is 11.8 Å². The Balaban J connectivity index is 1.52. The molecule has 2 heteroatoms. The maximum atomic E-state index is 3.60. The van der Waals surface area contributed by atoms with Gasteiger partial charge in [-0.2, -0.15) is 0 Å². The van der Waals surface area contributed by atoms with Gasteiger partial charge < -0.3 is 5.32 Å². The zero-order valence-corrected chi connectivity index (χ0v) is 13.2. The van der Waals surface area contributed by atoms with E-state index in [4.69, 9.17) is 0 Å². The molecule has 0 saturated carbocycles. The van der Waals surface area contributed by atoms with Crippen molar-refractivity contribution in [1.82, 2.24) is 5.32 Å². The molecule has 0 spiro atoms. The van der Waals surface area contributed by atoms with E-state index in [2.05, 4.69) is 60.9 Å². The fourth-order valence-corrected chi connectivity index (χ4v) is 5.22. The second-order valence-corrected chi connectivity index (χ2v) is 7.25. The summed E-state index contributed by atoms with van der Waals surface area (Å²) in [6, 6.07) is 18.4. The van der Waals surface area contributed by atoms with Crippen LogP contribution in [-0.4, -0.2) is 18.8 Å². The molecule has 0 radical (unpaired) electrons. The summed E-state index contributed by atoms with van der Waals surface area (Å²) in [4.78, 5) is 1.48. The number of hydrogen-bond donors (Lipinski definition) is 1. The summed E-state index contributed by atoms with van der Waals surface area (Å²) in [7, 11) is 2.13. The van der Waals surface area contributed by atoms with Crippen molar-refractivity contribution in [3.63, 3.8) is 0 Å². The van der Waals surface area contributed by atoms with Crippen LogP contribution in [0.3, 0.4) is 0 Å². The molecule has 21 heavy (non-hydrogen) atoms. The number of benzene rings is 2. The Morgan fingerprint density at radius 1 is 1.10 bits per heavy atom. The van der Waals surface area contributed by atoms with Crippen molar-refractivity contribution in [3.05, 3.63) is 65.2 Å². The molecule has 2 aromatic rings. The van der Waals surface area contributed by atoms with Gasteiger partial charge in [-0.25, -0.2) is 0 Å². The molecular weight excluding hydrogens is 274 g/mol. The third kappa shape index (κ3) is 2.31. The quantitative estimate of drug-likeness (QED) is 0.907. The summed E-state index contributed by atoms with van der Waals surface area (Å²) in [5.74, 6) is 2.62. The van der Waals surface area contributed by atoms with Crippen LogP contribution in [-0.2, 0) is 6.42 Å². The second kappa shape index (κ2) is 5.51. The molecule has 0 fully saturated rings. The monoisotopic (exact) mass is 295 g/mol. The summed E-state index contributed by atoms with van der Waals surface area (Å²) in [5, 5.41) is 3.60. The first kappa shape index (κ1) is 13.4. The molecular formula is C19H21NS. The fourth-order valence-electron chi connectivity index (χ4n) is 3.88. The lowest BCUT2D eigenvalue weighted by Crippen LogP contribution is -2.36. The van der Waals surface area contributed by atoms with E-state index < -0.39 is 0 Å². The van der Waals surface area contributed by atoms with Gasteiger partial charge in [0.2, 0.25) is 0 Å². The van der Waals surface area contributed by atoms with Gasteiger partial charge in [-0.15, -0.1) is 11.8 Å². The van der Waals surface area contributed by atoms with Crippen LogP contribution in [0.15, 0.2) is 53.4 Å². The van der Waals surface area contributed by atoms with Crippen molar-refractivity contribution in [2.24, 2.45) is 0 Å². The highest BCUT2D eigenvalue weighted by Crippen LogP contribution is 2.45. The standard InChI is InChI=1S/C19H21NS/c1-20-18(11-14-10-13-6-2-3-7-15(13)14)17-12-21-19-9-5-4-8-16(17)19/h2-9,14,17-18,20H,10-12H2,1H3. The minimum atomic E-state index is 0.583. The number of rotatable bonds is 4. The molecule has 1 N–H and O–H groups in total. The van der Waals surface area contributed by atoms with E-state index in [9.17, 15) is 0 Å². The lowest BCUT2D eigenvalue weighted by molar-refractivity contribution is 0.401. The molecule has 0 saturated heterocycles. The summed E-state index contributed by atoms with van der Waals surface area (Å²) < 4.78 is 0. The molecule has 0 bridgehead atoms. The van der Waals surface area contributed by atoms with Gasteiger partial charge in [0.15, 0.2) is 0 Å². The van der Waals surface area contributed by atoms with Crippen LogP contribution < -0.4 is 5.32 Å². The van der Waals surface area contributed by atoms with Crippen LogP contribution in [0.5, 0.6) is 0 Å². The number of nitrogens with one attached hydrogen (secondary N) is 1. The highest BCUT2D eigenvalue weighted by molar-refractivity contribution is 7.99. The Hall–Kier alpha value is -1.25. The maximum Gasteiger partial charge on any atom is 0.0147 e. The molecule has 1 aliphatic carbocycles. The third-order valence-electron chi connectivity index (χ3n) is 5.09. The van der Waals surface area contributed by atoms with Gasteiger partial charge in [-0.1, -0.05) is 42.5 Å². The van der Waals surface area contributed by atoms with Gasteiger partial charge in [-0.05, 0) is 48.6 Å². The summed E-state index contributed by atoms with van der Waals surface area (Å²) in [5.41, 5.74) is 4.68. The predicted octanol–water partition coefficient (Wildman–Crippen LogP) is 4.19. The predicted molar refractivity (Wildman–Crippen MR) is 90.3 cm³/mol. The number of fused-ring (bicyclic) bond motifs is 2. The summed E-state index contributed by atoms with van der Waals surface area (Å²) in [6.45, 7) is 0. The van der Waals surface area contributed by atoms with Crippen LogP contribution in [0.2, 0.25) is 0 Å². The average Bonchev–Trinajstić information content (AvgIpc) is 2.93. The van der Waals surface area contributed by atoms with Crippen LogP contribution in [0, 0.1) is 0 Å². The van der Waals surface area contributed by atoms with Crippen molar-refractivity contribution < 1.29 is 0 Å². The molecule has 2 aliphatic rings. The van der Waals surface area contributed by atoms with Crippen LogP contribution in [0.25, 0.3) is 0 Å². The van der Waals surface area contributed by atoms with Gasteiger partial charge in [0.1, 0.15) is 0 Å². The van der Waals surface area contributed by atoms with E-state index in [1.54, 1.807) is 16.7 Å². The number of thioether (sulfide) groups is 1. The molecule has 1 heterocycles. The van der Waals surface area contributed by atoms with E-state index in [-0.39, 0.29) is 0 Å². The van der Waals surface area contributed by atoms with Crippen LogP contribution >= 0.6 is 11.8 Å². The first-order valence-electron chi connectivity index (χ1n) is 7.83. The van der Waals surface area contributed by atoms with E-state index in [0.717, 1.165) is 5.92 Å². The second-order valence-electron chi connectivity index (χ2n) is 6.19. The Kier molecular flexibility index (Phi) is 3.52. The van der Waals surface area contributed by atoms with Crippen LogP contribution in [0.4, 0.5) is 0 Å². The molecule has 108 valence electrons. The van der Waals surface area contributed by atoms with Crippen molar-refractivity contribution in [1.29, 1.82) is 0 Å². The molecule has 3 atom stereocenters. The summed E-state index contributed by atoms with van der Waals surface area (Å²) >= 11 is 2.02. The third-order valence-corrected chi connectivity index (χ3v) is 6.30. The molecule has 2 aromatic carbocycles. The molecule has 4 rings (SSSR count). The lowest BCUT2D eigenvalue weighted by Gasteiger charge is -2.35. The first-order valence-corrected chi connectivity index (χ1v) is 8.82. The van der Waals surface area contributed by atoms with Gasteiger partial charge >= 0.3 is 0 Å². The Bertz CT molecular complexity index is 652. The lowest BCUT2D eigenvalue weighted by atomic mass is 9.72. The van der Waals surface area contributed by atoms with E-state index in [1.165, 1.54) is 23.5 Å². The van der Waals surface area contributed by atoms with Crippen LogP contribution in [0.1, 0.15) is 34.9 Å². The molecule has 0 aromatic heterocycles. The zero-order valence-electron chi connectivity index (χ0n) is 12.4. The summed E-state index contributed by atoms with van der Waals surface area (Å²) in [6.07, 6.45) is 2.52. The Labute approximate surface area is 131 Å². The highest BCUT2D eigenvalue weighted by Gasteiger charge is 2.34. The highest BCUT2D eigenvalue weighted by atomic mass is 32.2. The molecule has 1 aliphatic heterocycles. The van der Waals surface area contributed by atoms with Gasteiger partial charge in [0, 0.05) is 22.6 Å². The van der Waals surface area contributed by atoms with E-state index in [0.29, 0.717) is 12.0 Å². The molecule has 0 amide bonds. The molecule has 3 unspecified atom stereocenters. The Morgan fingerprint density at radius 3 is 2.67 bits per heavy atom. The maximum absolute atomic E-state index is 3.60. The normalized spacial score (nSPS) is 24.0. The van der Waals surface area contributed by atoms with Crippen molar-refractivity contribution in [2.75, 3.05) is 12.8 Å². The first-order chi connectivity index (χ1) is 10.4. The van der Waals surface area contributed by atoms with E-state index in [1.807, 2.05) is 11.8 Å². The zero-order chi connectivity index (χ0) is 14.2. The minimum Gasteiger partial charge on any atom is -0.316 e. The van der Waals surface area contributed by atoms with Crippen molar-refractivity contribution in [3.8, 4) is 0 Å². The van der Waals surface area contributed by atoms with Gasteiger partial charge in [0.05, 0.1) is 0 Å².